The van der Waals surface area contributed by atoms with Crippen LogP contribution < -0.4 is 15.4 Å². The van der Waals surface area contributed by atoms with Gasteiger partial charge in [0.15, 0.2) is 5.11 Å². The van der Waals surface area contributed by atoms with Crippen molar-refractivity contribution < 1.29 is 4.74 Å². The van der Waals surface area contributed by atoms with E-state index in [2.05, 4.69) is 29.7 Å². The summed E-state index contributed by atoms with van der Waals surface area (Å²) in [5.74, 6) is 0.934. The Hall–Kier alpha value is -2.07. The van der Waals surface area contributed by atoms with Crippen LogP contribution in [-0.2, 0) is 0 Å². The average molecular weight is 340 g/mol. The van der Waals surface area contributed by atoms with Crippen molar-refractivity contribution in [1.82, 2.24) is 5.32 Å². The van der Waals surface area contributed by atoms with Crippen LogP contribution in [0, 0.1) is 0 Å². The first-order chi connectivity index (χ1) is 11.7. The predicted molar refractivity (Wildman–Crippen MR) is 104 cm³/mol. The molecule has 0 aromatic heterocycles. The largest absolute Gasteiger partial charge is 0.490 e. The van der Waals surface area contributed by atoms with Gasteiger partial charge in [0.25, 0.3) is 0 Å². The summed E-state index contributed by atoms with van der Waals surface area (Å²) >= 11 is 5.41. The summed E-state index contributed by atoms with van der Waals surface area (Å²) in [6.45, 7) is 2.10. The van der Waals surface area contributed by atoms with Crippen molar-refractivity contribution in [1.29, 1.82) is 0 Å². The number of rotatable bonds is 5. The molecule has 0 radical (unpaired) electrons. The Balaban J connectivity index is 1.50. The fourth-order valence-corrected chi connectivity index (χ4v) is 3.30. The second-order valence-corrected chi connectivity index (χ2v) is 6.69. The maximum atomic E-state index is 5.98. The van der Waals surface area contributed by atoms with Crippen molar-refractivity contribution in [3.63, 3.8) is 0 Å². The quantitative estimate of drug-likeness (QED) is 0.746. The van der Waals surface area contributed by atoms with Gasteiger partial charge >= 0.3 is 0 Å². The Labute approximate surface area is 149 Å². The van der Waals surface area contributed by atoms with Gasteiger partial charge in [-0.25, -0.2) is 0 Å². The molecule has 1 saturated carbocycles. The van der Waals surface area contributed by atoms with Gasteiger partial charge in [0, 0.05) is 5.69 Å². The Morgan fingerprint density at radius 1 is 1.04 bits per heavy atom. The molecule has 2 aromatic carbocycles. The molecule has 4 heteroatoms. The molecule has 24 heavy (non-hydrogen) atoms. The molecule has 0 heterocycles. The summed E-state index contributed by atoms with van der Waals surface area (Å²) in [5.41, 5.74) is 2.17. The highest BCUT2D eigenvalue weighted by Crippen LogP contribution is 2.25. The maximum Gasteiger partial charge on any atom is 0.171 e. The summed E-state index contributed by atoms with van der Waals surface area (Å²) in [6.07, 6.45) is 5.29. The zero-order valence-electron chi connectivity index (χ0n) is 14.0. The van der Waals surface area contributed by atoms with Gasteiger partial charge in [-0.2, -0.15) is 0 Å². The lowest BCUT2D eigenvalue weighted by atomic mass is 10.1. The number of ether oxygens (including phenoxy) is 1. The van der Waals surface area contributed by atoms with Crippen LogP contribution >= 0.6 is 12.2 Å². The van der Waals surface area contributed by atoms with E-state index in [1.54, 1.807) is 0 Å². The number of anilines is 1. The standard InChI is InChI=1S/C20H24N2OS/c1-15(16-7-3-2-4-8-16)21-20(24)22-17-11-13-19(14-12-17)23-18-9-5-6-10-18/h2-4,7-8,11-15,18H,5-6,9-10H2,1H3,(H2,21,22,24)/t15-/m0/s1. The van der Waals surface area contributed by atoms with Crippen LogP contribution in [0.2, 0.25) is 0 Å². The van der Waals surface area contributed by atoms with Crippen molar-refractivity contribution in [3.8, 4) is 5.75 Å². The third kappa shape index (κ3) is 4.71. The van der Waals surface area contributed by atoms with E-state index in [-0.39, 0.29) is 6.04 Å². The smallest absolute Gasteiger partial charge is 0.171 e. The van der Waals surface area contributed by atoms with E-state index in [4.69, 9.17) is 17.0 Å². The first-order valence-corrected chi connectivity index (χ1v) is 9.01. The molecular formula is C20H24N2OS. The highest BCUT2D eigenvalue weighted by molar-refractivity contribution is 7.80. The minimum absolute atomic E-state index is 0.163. The molecule has 3 rings (SSSR count). The molecule has 0 aliphatic heterocycles. The molecule has 0 bridgehead atoms. The Morgan fingerprint density at radius 2 is 1.71 bits per heavy atom. The molecule has 126 valence electrons. The van der Waals surface area contributed by atoms with Crippen molar-refractivity contribution in [2.24, 2.45) is 0 Å². The van der Waals surface area contributed by atoms with Crippen LogP contribution in [0.15, 0.2) is 54.6 Å². The van der Waals surface area contributed by atoms with Crippen LogP contribution in [0.3, 0.4) is 0 Å². The summed E-state index contributed by atoms with van der Waals surface area (Å²) in [6, 6.07) is 18.5. The van der Waals surface area contributed by atoms with Crippen LogP contribution in [0.1, 0.15) is 44.2 Å². The average Bonchev–Trinajstić information content (AvgIpc) is 3.10. The predicted octanol–water partition coefficient (Wildman–Crippen LogP) is 5.06. The molecule has 0 unspecified atom stereocenters. The van der Waals surface area contributed by atoms with Gasteiger partial charge in [-0.05, 0) is 74.7 Å². The van der Waals surface area contributed by atoms with Gasteiger partial charge in [0.05, 0.1) is 12.1 Å². The number of nitrogens with one attached hydrogen (secondary N) is 2. The van der Waals surface area contributed by atoms with Gasteiger partial charge in [-0.1, -0.05) is 30.3 Å². The normalized spacial score (nSPS) is 15.7. The van der Waals surface area contributed by atoms with Crippen LogP contribution in [0.25, 0.3) is 0 Å². The fourth-order valence-electron chi connectivity index (χ4n) is 3.00. The van der Waals surface area contributed by atoms with E-state index in [0.29, 0.717) is 11.2 Å². The van der Waals surface area contributed by atoms with E-state index >= 15 is 0 Å². The molecule has 1 aliphatic rings. The van der Waals surface area contributed by atoms with Crippen LogP contribution in [-0.4, -0.2) is 11.2 Å². The first kappa shape index (κ1) is 16.8. The van der Waals surface area contributed by atoms with E-state index < -0.39 is 0 Å². The third-order valence-corrected chi connectivity index (χ3v) is 4.58. The topological polar surface area (TPSA) is 33.3 Å². The lowest BCUT2D eigenvalue weighted by molar-refractivity contribution is 0.210. The van der Waals surface area contributed by atoms with Gasteiger partial charge in [-0.15, -0.1) is 0 Å². The lowest BCUT2D eigenvalue weighted by Gasteiger charge is -2.18. The fraction of sp³-hybridized carbons (Fsp3) is 0.350. The molecular weight excluding hydrogens is 316 g/mol. The zero-order valence-corrected chi connectivity index (χ0v) is 14.8. The molecule has 0 amide bonds. The van der Waals surface area contributed by atoms with Crippen molar-refractivity contribution >= 4 is 23.0 Å². The molecule has 2 N–H and O–H groups in total. The molecule has 3 nitrogen and oxygen atoms in total. The summed E-state index contributed by atoms with van der Waals surface area (Å²) in [4.78, 5) is 0. The first-order valence-electron chi connectivity index (χ1n) is 8.60. The monoisotopic (exact) mass is 340 g/mol. The SMILES string of the molecule is C[C@H](NC(=S)Nc1ccc(OC2CCCC2)cc1)c1ccccc1. The number of hydrogen-bond acceptors (Lipinski definition) is 2. The molecule has 0 saturated heterocycles. The molecule has 1 atom stereocenters. The van der Waals surface area contributed by atoms with Gasteiger partial charge < -0.3 is 15.4 Å². The number of benzene rings is 2. The summed E-state index contributed by atoms with van der Waals surface area (Å²) in [5, 5.41) is 7.16. The van der Waals surface area contributed by atoms with Crippen molar-refractivity contribution in [3.05, 3.63) is 60.2 Å². The second-order valence-electron chi connectivity index (χ2n) is 6.28. The van der Waals surface area contributed by atoms with Gasteiger partial charge in [0.2, 0.25) is 0 Å². The summed E-state index contributed by atoms with van der Waals surface area (Å²) < 4.78 is 5.98. The van der Waals surface area contributed by atoms with Gasteiger partial charge in [-0.3, -0.25) is 0 Å². The highest BCUT2D eigenvalue weighted by Gasteiger charge is 2.16. The highest BCUT2D eigenvalue weighted by atomic mass is 32.1. The third-order valence-electron chi connectivity index (χ3n) is 4.36. The van der Waals surface area contributed by atoms with Crippen LogP contribution in [0.4, 0.5) is 5.69 Å². The van der Waals surface area contributed by atoms with E-state index in [0.717, 1.165) is 11.4 Å². The summed E-state index contributed by atoms with van der Waals surface area (Å²) in [7, 11) is 0. The molecule has 2 aromatic rings. The molecule has 1 fully saturated rings. The second kappa shape index (κ2) is 8.15. The van der Waals surface area contributed by atoms with Crippen LogP contribution in [0.5, 0.6) is 5.75 Å². The minimum atomic E-state index is 0.163. The van der Waals surface area contributed by atoms with Crippen molar-refractivity contribution in [2.45, 2.75) is 44.8 Å². The van der Waals surface area contributed by atoms with Gasteiger partial charge in [0.1, 0.15) is 5.75 Å². The number of hydrogen-bond donors (Lipinski definition) is 2. The number of thiocarbonyl (C=S) groups is 1. The minimum Gasteiger partial charge on any atom is -0.490 e. The molecule has 1 aliphatic carbocycles. The Kier molecular flexibility index (Phi) is 5.70. The molecule has 0 spiro atoms. The van der Waals surface area contributed by atoms with Crippen molar-refractivity contribution in [2.75, 3.05) is 5.32 Å². The van der Waals surface area contributed by atoms with E-state index in [9.17, 15) is 0 Å². The Bertz CT molecular complexity index is 651. The Morgan fingerprint density at radius 3 is 2.38 bits per heavy atom. The maximum absolute atomic E-state index is 5.98. The zero-order chi connectivity index (χ0) is 16.8. The van der Waals surface area contributed by atoms with E-state index in [1.807, 2.05) is 42.5 Å². The lowest BCUT2D eigenvalue weighted by Crippen LogP contribution is -2.30. The van der Waals surface area contributed by atoms with E-state index in [1.165, 1.54) is 31.2 Å².